The fourth-order valence-electron chi connectivity index (χ4n) is 4.89. The molecule has 0 unspecified atom stereocenters. The smallest absolute Gasteiger partial charge is 0.241 e. The van der Waals surface area contributed by atoms with E-state index < -0.39 is 5.41 Å². The molecule has 1 aliphatic carbocycles. The number of hydrogen-bond acceptors (Lipinski definition) is 5. The fourth-order valence-corrected chi connectivity index (χ4v) is 4.89. The Labute approximate surface area is 177 Å². The lowest BCUT2D eigenvalue weighted by Crippen LogP contribution is -2.49. The molecule has 2 atom stereocenters. The average Bonchev–Trinajstić information content (AvgIpc) is 3.55. The van der Waals surface area contributed by atoms with E-state index >= 15 is 0 Å². The number of carbonyl (C=O) groups excluding carboxylic acids is 3. The van der Waals surface area contributed by atoms with Crippen molar-refractivity contribution >= 4 is 17.7 Å². The van der Waals surface area contributed by atoms with Crippen LogP contribution < -0.4 is 4.74 Å². The summed E-state index contributed by atoms with van der Waals surface area (Å²) in [5, 5.41) is 0. The number of amides is 3. The van der Waals surface area contributed by atoms with Crippen LogP contribution in [0.1, 0.15) is 50.5 Å². The third kappa shape index (κ3) is 3.71. The Morgan fingerprint density at radius 3 is 2.47 bits per heavy atom. The zero-order chi connectivity index (χ0) is 21.3. The van der Waals surface area contributed by atoms with Gasteiger partial charge in [-0.3, -0.25) is 19.3 Å². The first-order valence-corrected chi connectivity index (χ1v) is 10.8. The molecule has 4 rings (SSSR count). The third-order valence-corrected chi connectivity index (χ3v) is 6.66. The maximum Gasteiger partial charge on any atom is 0.241 e. The Morgan fingerprint density at radius 1 is 1.10 bits per heavy atom. The van der Waals surface area contributed by atoms with Crippen LogP contribution in [-0.2, 0) is 24.5 Å². The van der Waals surface area contributed by atoms with E-state index in [1.54, 1.807) is 26.4 Å². The minimum absolute atomic E-state index is 0.00329. The van der Waals surface area contributed by atoms with Crippen molar-refractivity contribution in [2.75, 3.05) is 27.4 Å². The Hall–Kier alpha value is -2.41. The van der Waals surface area contributed by atoms with E-state index in [2.05, 4.69) is 0 Å². The first kappa shape index (κ1) is 20.8. The van der Waals surface area contributed by atoms with Gasteiger partial charge in [-0.15, -0.1) is 0 Å². The molecule has 2 heterocycles. The molecule has 1 saturated carbocycles. The molecule has 30 heavy (non-hydrogen) atoms. The number of methoxy groups -OCH3 is 2. The van der Waals surface area contributed by atoms with Crippen molar-refractivity contribution in [3.8, 4) is 5.75 Å². The molecule has 1 aromatic carbocycles. The summed E-state index contributed by atoms with van der Waals surface area (Å²) in [5.41, 5.74) is -0.434. The van der Waals surface area contributed by atoms with Gasteiger partial charge in [-0.2, -0.15) is 0 Å². The maximum atomic E-state index is 13.6. The van der Waals surface area contributed by atoms with Crippen LogP contribution in [0.3, 0.4) is 0 Å². The van der Waals surface area contributed by atoms with Gasteiger partial charge < -0.3 is 14.4 Å². The zero-order valence-electron chi connectivity index (χ0n) is 17.8. The Morgan fingerprint density at radius 2 is 1.83 bits per heavy atom. The quantitative estimate of drug-likeness (QED) is 0.640. The summed E-state index contributed by atoms with van der Waals surface area (Å²) in [7, 11) is 3.22. The van der Waals surface area contributed by atoms with E-state index in [0.29, 0.717) is 24.5 Å². The monoisotopic (exact) mass is 414 g/mol. The minimum atomic E-state index is -1.14. The number of benzene rings is 1. The molecule has 3 aliphatic rings. The topological polar surface area (TPSA) is 76.2 Å². The lowest BCUT2D eigenvalue weighted by molar-refractivity contribution is -0.144. The van der Waals surface area contributed by atoms with Crippen molar-refractivity contribution in [2.45, 2.75) is 62.4 Å². The van der Waals surface area contributed by atoms with Gasteiger partial charge in [0.2, 0.25) is 17.7 Å². The minimum Gasteiger partial charge on any atom is -0.497 e. The van der Waals surface area contributed by atoms with E-state index in [0.717, 1.165) is 32.1 Å². The van der Waals surface area contributed by atoms with E-state index in [4.69, 9.17) is 9.47 Å². The summed E-state index contributed by atoms with van der Waals surface area (Å²) in [6.45, 7) is 1.16. The van der Waals surface area contributed by atoms with Crippen molar-refractivity contribution in [3.63, 3.8) is 0 Å². The predicted molar refractivity (Wildman–Crippen MR) is 110 cm³/mol. The highest BCUT2D eigenvalue weighted by atomic mass is 16.5. The van der Waals surface area contributed by atoms with Crippen LogP contribution >= 0.6 is 0 Å². The molecule has 2 saturated heterocycles. The second-order valence-electron chi connectivity index (χ2n) is 8.66. The molecule has 7 heteroatoms. The van der Waals surface area contributed by atoms with E-state index in [1.807, 2.05) is 17.0 Å². The Bertz CT molecular complexity index is 817. The number of rotatable bonds is 7. The zero-order valence-corrected chi connectivity index (χ0v) is 17.8. The highest BCUT2D eigenvalue weighted by molar-refractivity contribution is 6.11. The Balaban J connectivity index is 1.66. The average molecular weight is 415 g/mol. The highest BCUT2D eigenvalue weighted by Crippen LogP contribution is 2.45. The first-order valence-electron chi connectivity index (χ1n) is 10.8. The fraction of sp³-hybridized carbons (Fsp3) is 0.609. The van der Waals surface area contributed by atoms with Crippen molar-refractivity contribution in [1.82, 2.24) is 9.80 Å². The molecule has 2 aliphatic heterocycles. The lowest BCUT2D eigenvalue weighted by atomic mass is 9.75. The Kier molecular flexibility index (Phi) is 5.82. The second-order valence-corrected chi connectivity index (χ2v) is 8.66. The van der Waals surface area contributed by atoms with Gasteiger partial charge in [0.05, 0.1) is 25.2 Å². The van der Waals surface area contributed by atoms with E-state index in [-0.39, 0.29) is 42.6 Å². The van der Waals surface area contributed by atoms with Gasteiger partial charge in [0.15, 0.2) is 0 Å². The predicted octanol–water partition coefficient (Wildman–Crippen LogP) is 2.27. The molecule has 0 aromatic heterocycles. The van der Waals surface area contributed by atoms with Gasteiger partial charge in [0.1, 0.15) is 5.75 Å². The maximum absolute atomic E-state index is 13.6. The summed E-state index contributed by atoms with van der Waals surface area (Å²) in [4.78, 5) is 43.1. The van der Waals surface area contributed by atoms with Crippen LogP contribution in [0.15, 0.2) is 24.3 Å². The molecule has 162 valence electrons. The molecule has 3 amide bonds. The number of ether oxygens (including phenoxy) is 2. The van der Waals surface area contributed by atoms with Crippen LogP contribution in [0.4, 0.5) is 0 Å². The lowest BCUT2D eigenvalue weighted by Gasteiger charge is -2.37. The number of nitrogens with zero attached hydrogens (tertiary/aromatic N) is 2. The number of piperidine rings is 1. The van der Waals surface area contributed by atoms with Crippen molar-refractivity contribution in [1.29, 1.82) is 0 Å². The summed E-state index contributed by atoms with van der Waals surface area (Å²) >= 11 is 0. The standard InChI is InChI=1S/C23H30N2O5/c1-29-15-18-5-3-4-12-24(18)20(26)13-23(16-6-10-19(30-2)11-7-16)14-21(27)25(22(23)28)17-8-9-17/h6-7,10-11,17-18H,3-5,8-9,12-15H2,1-2H3/t18-,23-/m1/s1. The molecule has 0 N–H and O–H groups in total. The van der Waals surface area contributed by atoms with E-state index in [9.17, 15) is 14.4 Å². The van der Waals surface area contributed by atoms with Gasteiger partial charge in [-0.05, 0) is 49.8 Å². The van der Waals surface area contributed by atoms with Gasteiger partial charge in [-0.25, -0.2) is 0 Å². The second kappa shape index (κ2) is 8.38. The van der Waals surface area contributed by atoms with Gasteiger partial charge >= 0.3 is 0 Å². The molecule has 0 bridgehead atoms. The van der Waals surface area contributed by atoms with Crippen LogP contribution in [0.2, 0.25) is 0 Å². The molecular weight excluding hydrogens is 384 g/mol. The first-order chi connectivity index (χ1) is 14.5. The van der Waals surface area contributed by atoms with Crippen molar-refractivity contribution in [3.05, 3.63) is 29.8 Å². The summed E-state index contributed by atoms with van der Waals surface area (Å²) in [6.07, 6.45) is 4.67. The molecule has 1 aromatic rings. The highest BCUT2D eigenvalue weighted by Gasteiger charge is 2.57. The van der Waals surface area contributed by atoms with Gasteiger partial charge in [0.25, 0.3) is 0 Å². The summed E-state index contributed by atoms with van der Waals surface area (Å²) < 4.78 is 10.6. The van der Waals surface area contributed by atoms with Crippen LogP contribution in [0.5, 0.6) is 5.75 Å². The molecule has 0 spiro atoms. The number of imide groups is 1. The van der Waals surface area contributed by atoms with Crippen molar-refractivity contribution < 1.29 is 23.9 Å². The molecule has 7 nitrogen and oxygen atoms in total. The van der Waals surface area contributed by atoms with Crippen LogP contribution in [0, 0.1) is 0 Å². The molecule has 3 fully saturated rings. The normalized spacial score (nSPS) is 26.9. The number of carbonyl (C=O) groups is 3. The summed E-state index contributed by atoms with van der Waals surface area (Å²) in [6, 6.07) is 7.22. The molecule has 0 radical (unpaired) electrons. The summed E-state index contributed by atoms with van der Waals surface area (Å²) in [5.74, 6) is 0.200. The number of hydrogen-bond donors (Lipinski definition) is 0. The van der Waals surface area contributed by atoms with Gasteiger partial charge in [0, 0.05) is 32.5 Å². The molecular formula is C23H30N2O5. The van der Waals surface area contributed by atoms with Crippen LogP contribution in [-0.4, -0.2) is 67.0 Å². The van der Waals surface area contributed by atoms with E-state index in [1.165, 1.54) is 4.90 Å². The van der Waals surface area contributed by atoms with Crippen molar-refractivity contribution in [2.24, 2.45) is 0 Å². The number of likely N-dealkylation sites (tertiary alicyclic amines) is 2. The van der Waals surface area contributed by atoms with Crippen LogP contribution in [0.25, 0.3) is 0 Å². The SMILES string of the molecule is COC[C@H]1CCCCN1C(=O)C[C@]1(c2ccc(OC)cc2)CC(=O)N(C2CC2)C1=O. The third-order valence-electron chi connectivity index (χ3n) is 6.66. The van der Waals surface area contributed by atoms with Gasteiger partial charge in [-0.1, -0.05) is 12.1 Å². The largest absolute Gasteiger partial charge is 0.497 e.